The van der Waals surface area contributed by atoms with E-state index in [-0.39, 0.29) is 11.7 Å². The molecule has 6 heteroatoms. The number of fused-ring (bicyclic) bond motifs is 1. The van der Waals surface area contributed by atoms with Crippen LogP contribution >= 0.6 is 11.6 Å². The second-order valence-corrected chi connectivity index (χ2v) is 7.29. The van der Waals surface area contributed by atoms with Crippen molar-refractivity contribution in [3.05, 3.63) is 76.6 Å². The molecule has 2 aromatic carbocycles. The fourth-order valence-electron chi connectivity index (χ4n) is 3.55. The van der Waals surface area contributed by atoms with Crippen molar-refractivity contribution in [2.24, 2.45) is 0 Å². The number of amides is 1. The highest BCUT2D eigenvalue weighted by Crippen LogP contribution is 2.41. The van der Waals surface area contributed by atoms with E-state index in [1.54, 1.807) is 28.0 Å². The maximum absolute atomic E-state index is 13.1. The highest BCUT2D eigenvalue weighted by atomic mass is 35.5. The predicted molar refractivity (Wildman–Crippen MR) is 106 cm³/mol. The first-order chi connectivity index (χ1) is 13.0. The quantitative estimate of drug-likeness (QED) is 0.729. The van der Waals surface area contributed by atoms with E-state index in [1.165, 1.54) is 0 Å². The van der Waals surface area contributed by atoms with Crippen molar-refractivity contribution in [3.63, 3.8) is 0 Å². The number of phenols is 1. The van der Waals surface area contributed by atoms with E-state index in [9.17, 15) is 9.90 Å². The molecule has 138 valence electrons. The molecule has 1 aromatic heterocycles. The van der Waals surface area contributed by atoms with Gasteiger partial charge in [0.25, 0.3) is 5.91 Å². The SMILES string of the molecule is CC1CCN(C(=O)c2cnn(Cc3ccccc3Cl)c2)c2c(O)cccc21. The molecule has 5 nitrogen and oxygen atoms in total. The molecular formula is C21H20ClN3O2. The Bertz CT molecular complexity index is 999. The number of halogens is 1. The van der Waals surface area contributed by atoms with Crippen molar-refractivity contribution in [3.8, 4) is 5.75 Å². The van der Waals surface area contributed by atoms with Crippen LogP contribution in [0.2, 0.25) is 5.02 Å². The Kier molecular flexibility index (Phi) is 4.62. The molecule has 0 saturated carbocycles. The van der Waals surface area contributed by atoms with Gasteiger partial charge in [0.05, 0.1) is 24.0 Å². The van der Waals surface area contributed by atoms with Crippen molar-refractivity contribution in [1.82, 2.24) is 9.78 Å². The maximum atomic E-state index is 13.1. The number of aromatic nitrogens is 2. The number of carbonyl (C=O) groups is 1. The summed E-state index contributed by atoms with van der Waals surface area (Å²) in [5.41, 5.74) is 3.04. The summed E-state index contributed by atoms with van der Waals surface area (Å²) in [4.78, 5) is 14.7. The first-order valence-electron chi connectivity index (χ1n) is 8.94. The van der Waals surface area contributed by atoms with Gasteiger partial charge >= 0.3 is 0 Å². The Morgan fingerprint density at radius 2 is 2.07 bits per heavy atom. The fraction of sp³-hybridized carbons (Fsp3) is 0.238. The molecule has 0 spiro atoms. The van der Waals surface area contributed by atoms with E-state index >= 15 is 0 Å². The van der Waals surface area contributed by atoms with Gasteiger partial charge in [0, 0.05) is 17.8 Å². The number of aromatic hydroxyl groups is 1. The van der Waals surface area contributed by atoms with Crippen LogP contribution in [0, 0.1) is 0 Å². The van der Waals surface area contributed by atoms with E-state index in [0.717, 1.165) is 17.5 Å². The van der Waals surface area contributed by atoms with Crippen LogP contribution in [0.3, 0.4) is 0 Å². The minimum atomic E-state index is -0.157. The van der Waals surface area contributed by atoms with Crippen LogP contribution < -0.4 is 4.90 Å². The first-order valence-corrected chi connectivity index (χ1v) is 9.32. The zero-order valence-corrected chi connectivity index (χ0v) is 15.7. The van der Waals surface area contributed by atoms with Crippen molar-refractivity contribution in [2.75, 3.05) is 11.4 Å². The molecule has 2 heterocycles. The number of rotatable bonds is 3. The average Bonchev–Trinajstić information content (AvgIpc) is 3.13. The lowest BCUT2D eigenvalue weighted by Crippen LogP contribution is -2.36. The number of phenolic OH excluding ortho intramolecular Hbond substituents is 1. The van der Waals surface area contributed by atoms with Gasteiger partial charge in [-0.15, -0.1) is 0 Å². The van der Waals surface area contributed by atoms with Gasteiger partial charge in [0.1, 0.15) is 5.75 Å². The van der Waals surface area contributed by atoms with E-state index in [1.807, 2.05) is 36.4 Å². The normalized spacial score (nSPS) is 16.2. The van der Waals surface area contributed by atoms with Crippen LogP contribution in [-0.2, 0) is 6.54 Å². The lowest BCUT2D eigenvalue weighted by atomic mass is 9.91. The van der Waals surface area contributed by atoms with Crippen molar-refractivity contribution < 1.29 is 9.90 Å². The minimum absolute atomic E-state index is 0.135. The summed E-state index contributed by atoms with van der Waals surface area (Å²) < 4.78 is 1.70. The molecule has 0 radical (unpaired) electrons. The van der Waals surface area contributed by atoms with Gasteiger partial charge in [-0.25, -0.2) is 0 Å². The Morgan fingerprint density at radius 1 is 1.26 bits per heavy atom. The number of anilines is 1. The molecule has 1 amide bonds. The fourth-order valence-corrected chi connectivity index (χ4v) is 3.75. The average molecular weight is 382 g/mol. The minimum Gasteiger partial charge on any atom is -0.506 e. The van der Waals surface area contributed by atoms with Gasteiger partial charge in [0.15, 0.2) is 0 Å². The van der Waals surface area contributed by atoms with Gasteiger partial charge in [-0.2, -0.15) is 5.10 Å². The predicted octanol–water partition coefficient (Wildman–Crippen LogP) is 4.44. The Morgan fingerprint density at radius 3 is 2.89 bits per heavy atom. The van der Waals surface area contributed by atoms with Crippen LogP contribution in [-0.4, -0.2) is 27.3 Å². The molecule has 0 aliphatic carbocycles. The third-order valence-corrected chi connectivity index (χ3v) is 5.42. The summed E-state index contributed by atoms with van der Waals surface area (Å²) in [5, 5.41) is 15.3. The summed E-state index contributed by atoms with van der Waals surface area (Å²) in [6.45, 7) is 3.17. The van der Waals surface area contributed by atoms with E-state index in [2.05, 4.69) is 12.0 Å². The van der Waals surface area contributed by atoms with E-state index in [0.29, 0.717) is 35.3 Å². The lowest BCUT2D eigenvalue weighted by molar-refractivity contribution is 0.0983. The smallest absolute Gasteiger partial charge is 0.261 e. The highest BCUT2D eigenvalue weighted by molar-refractivity contribution is 6.31. The van der Waals surface area contributed by atoms with Crippen LogP contribution in [0.1, 0.15) is 40.7 Å². The van der Waals surface area contributed by atoms with Gasteiger partial charge in [-0.3, -0.25) is 9.48 Å². The molecule has 1 atom stereocenters. The molecule has 0 fully saturated rings. The third-order valence-electron chi connectivity index (χ3n) is 5.05. The first kappa shape index (κ1) is 17.6. The summed E-state index contributed by atoms with van der Waals surface area (Å²) in [6.07, 6.45) is 4.15. The number of nitrogens with zero attached hydrogens (tertiary/aromatic N) is 3. The molecule has 1 aliphatic rings. The molecule has 1 N–H and O–H groups in total. The number of para-hydroxylation sites is 1. The topological polar surface area (TPSA) is 58.4 Å². The molecule has 0 bridgehead atoms. The summed E-state index contributed by atoms with van der Waals surface area (Å²) >= 11 is 6.21. The molecule has 3 aromatic rings. The highest BCUT2D eigenvalue weighted by Gasteiger charge is 2.30. The number of hydrogen-bond acceptors (Lipinski definition) is 3. The van der Waals surface area contributed by atoms with E-state index < -0.39 is 0 Å². The van der Waals surface area contributed by atoms with Crippen molar-refractivity contribution in [2.45, 2.75) is 25.8 Å². The second kappa shape index (κ2) is 7.08. The van der Waals surface area contributed by atoms with Crippen LogP contribution in [0.5, 0.6) is 5.75 Å². The molecule has 0 saturated heterocycles. The second-order valence-electron chi connectivity index (χ2n) is 6.88. The Hall–Kier alpha value is -2.79. The number of hydrogen-bond donors (Lipinski definition) is 1. The van der Waals surface area contributed by atoms with Gasteiger partial charge in [0.2, 0.25) is 0 Å². The summed E-state index contributed by atoms with van der Waals surface area (Å²) in [6, 6.07) is 13.0. The van der Waals surface area contributed by atoms with Gasteiger partial charge in [-0.1, -0.05) is 48.9 Å². The van der Waals surface area contributed by atoms with Crippen molar-refractivity contribution in [1.29, 1.82) is 0 Å². The van der Waals surface area contributed by atoms with Gasteiger partial charge in [-0.05, 0) is 35.6 Å². The number of carbonyl (C=O) groups excluding carboxylic acids is 1. The lowest BCUT2D eigenvalue weighted by Gasteiger charge is -2.33. The molecule has 4 rings (SSSR count). The zero-order valence-electron chi connectivity index (χ0n) is 15.0. The molecule has 1 unspecified atom stereocenters. The molecule has 1 aliphatic heterocycles. The summed E-state index contributed by atoms with van der Waals surface area (Å²) in [5.74, 6) is 0.282. The Labute approximate surface area is 162 Å². The molecular weight excluding hydrogens is 362 g/mol. The monoisotopic (exact) mass is 381 g/mol. The summed E-state index contributed by atoms with van der Waals surface area (Å²) in [7, 11) is 0. The Balaban J connectivity index is 1.61. The van der Waals surface area contributed by atoms with Gasteiger partial charge < -0.3 is 10.0 Å². The van der Waals surface area contributed by atoms with Crippen LogP contribution in [0.15, 0.2) is 54.9 Å². The van der Waals surface area contributed by atoms with Crippen LogP contribution in [0.25, 0.3) is 0 Å². The van der Waals surface area contributed by atoms with E-state index in [4.69, 9.17) is 11.6 Å². The third kappa shape index (κ3) is 3.30. The largest absolute Gasteiger partial charge is 0.506 e. The zero-order chi connectivity index (χ0) is 19.0. The van der Waals surface area contributed by atoms with Crippen LogP contribution in [0.4, 0.5) is 5.69 Å². The standard InChI is InChI=1S/C21H20ClN3O2/c1-14-9-10-25(20-17(14)6-4-8-19(20)26)21(27)16-11-23-24(13-16)12-15-5-2-3-7-18(15)22/h2-8,11,13-14,26H,9-10,12H2,1H3. The van der Waals surface area contributed by atoms with Crippen molar-refractivity contribution >= 4 is 23.2 Å². The molecule has 27 heavy (non-hydrogen) atoms. The number of benzene rings is 2. The maximum Gasteiger partial charge on any atom is 0.261 e.